The van der Waals surface area contributed by atoms with Gasteiger partial charge in [-0.15, -0.1) is 0 Å². The molecule has 0 aliphatic carbocycles. The van der Waals surface area contributed by atoms with E-state index in [1.807, 2.05) is 13.0 Å². The van der Waals surface area contributed by atoms with Crippen molar-refractivity contribution in [2.24, 2.45) is 0 Å². The molecule has 0 saturated heterocycles. The van der Waals surface area contributed by atoms with Crippen LogP contribution >= 0.6 is 31.9 Å². The third-order valence-corrected chi connectivity index (χ3v) is 3.45. The molecule has 1 aromatic rings. The van der Waals surface area contributed by atoms with Crippen LogP contribution in [0.4, 0.5) is 5.82 Å². The second-order valence-corrected chi connectivity index (χ2v) is 6.38. The van der Waals surface area contributed by atoms with Crippen molar-refractivity contribution in [3.05, 3.63) is 23.4 Å². The second kappa shape index (κ2) is 2.78. The number of carbonyl (C=O) groups excluding carboxylic acids is 1. The first-order valence-electron chi connectivity index (χ1n) is 3.68. The van der Waals surface area contributed by atoms with Gasteiger partial charge in [0.2, 0.25) is 0 Å². The van der Waals surface area contributed by atoms with Crippen LogP contribution in [0.5, 0.6) is 0 Å². The highest BCUT2D eigenvalue weighted by molar-refractivity contribution is 9.25. The number of nitrogens with zero attached hydrogens (tertiary/aromatic N) is 1. The molecule has 1 aliphatic heterocycles. The number of halogens is 2. The van der Waals surface area contributed by atoms with Gasteiger partial charge < -0.3 is 5.32 Å². The van der Waals surface area contributed by atoms with E-state index in [-0.39, 0.29) is 5.91 Å². The topological polar surface area (TPSA) is 42.0 Å². The zero-order valence-corrected chi connectivity index (χ0v) is 9.94. The van der Waals surface area contributed by atoms with Crippen LogP contribution in [-0.2, 0) is 8.03 Å². The molecule has 2 rings (SSSR count). The van der Waals surface area contributed by atoms with Crippen molar-refractivity contribution in [1.82, 2.24) is 4.98 Å². The number of hydrogen-bond acceptors (Lipinski definition) is 2. The first-order chi connectivity index (χ1) is 6.01. The number of fused-ring (bicyclic) bond motifs is 1. The molecule has 1 aromatic heterocycles. The standard InChI is InChI=1S/C8H6Br2N2O/c1-4-2-5-6(11-3-4)12-7(13)8(5,9)10/h2-3H,1H3,(H,11,12,13). The van der Waals surface area contributed by atoms with Gasteiger partial charge in [0.1, 0.15) is 5.82 Å². The van der Waals surface area contributed by atoms with Gasteiger partial charge in [-0.1, -0.05) is 31.9 Å². The normalized spacial score (nSPS) is 18.2. The van der Waals surface area contributed by atoms with Gasteiger partial charge >= 0.3 is 0 Å². The number of aromatic nitrogens is 1. The summed E-state index contributed by atoms with van der Waals surface area (Å²) in [5.74, 6) is 0.477. The number of nitrogens with one attached hydrogen (secondary N) is 1. The number of pyridine rings is 1. The van der Waals surface area contributed by atoms with Crippen LogP contribution in [0.1, 0.15) is 11.1 Å². The monoisotopic (exact) mass is 304 g/mol. The Kier molecular flexibility index (Phi) is 1.96. The van der Waals surface area contributed by atoms with Crippen molar-refractivity contribution in [3.63, 3.8) is 0 Å². The molecule has 5 heteroatoms. The van der Waals surface area contributed by atoms with Gasteiger partial charge in [0.05, 0.1) is 0 Å². The number of anilines is 1. The molecule has 0 atom stereocenters. The summed E-state index contributed by atoms with van der Waals surface area (Å²) in [6.07, 6.45) is 1.72. The average Bonchev–Trinajstić information content (AvgIpc) is 2.27. The van der Waals surface area contributed by atoms with E-state index in [2.05, 4.69) is 42.2 Å². The fraction of sp³-hybridized carbons (Fsp3) is 0.250. The van der Waals surface area contributed by atoms with E-state index in [0.29, 0.717) is 5.82 Å². The van der Waals surface area contributed by atoms with E-state index in [0.717, 1.165) is 11.1 Å². The van der Waals surface area contributed by atoms with E-state index in [1.165, 1.54) is 0 Å². The predicted molar refractivity (Wildman–Crippen MR) is 57.1 cm³/mol. The number of carbonyl (C=O) groups is 1. The molecule has 1 N–H and O–H groups in total. The maximum atomic E-state index is 11.4. The van der Waals surface area contributed by atoms with Gasteiger partial charge in [-0.2, -0.15) is 0 Å². The van der Waals surface area contributed by atoms with Crippen LogP contribution in [0, 0.1) is 6.92 Å². The summed E-state index contributed by atoms with van der Waals surface area (Å²) in [5.41, 5.74) is 1.86. The Balaban J connectivity index is 2.64. The first-order valence-corrected chi connectivity index (χ1v) is 5.27. The molecule has 2 heterocycles. The Hall–Kier alpha value is -0.420. The number of rotatable bonds is 0. The molecule has 68 valence electrons. The maximum Gasteiger partial charge on any atom is 0.258 e. The van der Waals surface area contributed by atoms with Gasteiger partial charge in [-0.05, 0) is 18.6 Å². The summed E-state index contributed by atoms with van der Waals surface area (Å²) in [6, 6.07) is 1.92. The Morgan fingerprint density at radius 1 is 1.54 bits per heavy atom. The third-order valence-electron chi connectivity index (χ3n) is 1.88. The lowest BCUT2D eigenvalue weighted by atomic mass is 10.2. The molecule has 0 radical (unpaired) electrons. The van der Waals surface area contributed by atoms with Crippen LogP contribution in [-0.4, -0.2) is 10.9 Å². The minimum atomic E-state index is -0.811. The Bertz CT molecular complexity index is 390. The molecule has 0 spiro atoms. The van der Waals surface area contributed by atoms with Gasteiger partial charge in [-0.3, -0.25) is 4.79 Å². The van der Waals surface area contributed by atoms with Crippen molar-refractivity contribution in [1.29, 1.82) is 0 Å². The Labute approximate surface area is 92.2 Å². The second-order valence-electron chi connectivity index (χ2n) is 2.94. The van der Waals surface area contributed by atoms with Gasteiger partial charge in [0, 0.05) is 11.8 Å². The predicted octanol–water partition coefficient (Wildman–Crippen LogP) is 2.28. The quantitative estimate of drug-likeness (QED) is 0.747. The SMILES string of the molecule is Cc1cnc2c(c1)C(Br)(Br)C(=O)N2. The zero-order valence-electron chi connectivity index (χ0n) is 6.77. The maximum absolute atomic E-state index is 11.4. The van der Waals surface area contributed by atoms with E-state index in [4.69, 9.17) is 0 Å². The van der Waals surface area contributed by atoms with Crippen LogP contribution in [0.15, 0.2) is 12.3 Å². The van der Waals surface area contributed by atoms with Crippen molar-refractivity contribution in [2.45, 2.75) is 10.2 Å². The Morgan fingerprint density at radius 2 is 2.23 bits per heavy atom. The van der Waals surface area contributed by atoms with E-state index in [9.17, 15) is 4.79 Å². The number of alkyl halides is 2. The van der Waals surface area contributed by atoms with Gasteiger partial charge in [0.15, 0.2) is 3.23 Å². The van der Waals surface area contributed by atoms with Crippen LogP contribution in [0.3, 0.4) is 0 Å². The fourth-order valence-electron chi connectivity index (χ4n) is 1.22. The molecule has 0 saturated carbocycles. The molecule has 3 nitrogen and oxygen atoms in total. The zero-order chi connectivity index (χ0) is 9.64. The lowest BCUT2D eigenvalue weighted by Crippen LogP contribution is -2.20. The minimum Gasteiger partial charge on any atom is -0.308 e. The molecule has 1 aliphatic rings. The van der Waals surface area contributed by atoms with Crippen molar-refractivity contribution in [2.75, 3.05) is 5.32 Å². The van der Waals surface area contributed by atoms with Gasteiger partial charge in [0.25, 0.3) is 5.91 Å². The summed E-state index contributed by atoms with van der Waals surface area (Å²) in [7, 11) is 0. The summed E-state index contributed by atoms with van der Waals surface area (Å²) in [4.78, 5) is 15.5. The lowest BCUT2D eigenvalue weighted by Gasteiger charge is -2.09. The highest BCUT2D eigenvalue weighted by Crippen LogP contribution is 2.46. The highest BCUT2D eigenvalue weighted by atomic mass is 79.9. The molecule has 0 fully saturated rings. The summed E-state index contributed by atoms with van der Waals surface area (Å²) in [5, 5.41) is 2.67. The van der Waals surface area contributed by atoms with E-state index < -0.39 is 3.23 Å². The Morgan fingerprint density at radius 3 is 2.92 bits per heavy atom. The van der Waals surface area contributed by atoms with Gasteiger partial charge in [-0.25, -0.2) is 4.98 Å². The molecule has 0 bridgehead atoms. The van der Waals surface area contributed by atoms with Crippen LogP contribution in [0.25, 0.3) is 0 Å². The molecular formula is C8H6Br2N2O. The smallest absolute Gasteiger partial charge is 0.258 e. The largest absolute Gasteiger partial charge is 0.308 e. The third kappa shape index (κ3) is 1.30. The number of aryl methyl sites for hydroxylation is 1. The highest BCUT2D eigenvalue weighted by Gasteiger charge is 2.43. The molecule has 1 amide bonds. The number of amides is 1. The lowest BCUT2D eigenvalue weighted by molar-refractivity contribution is -0.115. The van der Waals surface area contributed by atoms with E-state index >= 15 is 0 Å². The first kappa shape index (κ1) is 9.15. The summed E-state index contributed by atoms with van der Waals surface area (Å²) < 4.78 is -0.811. The van der Waals surface area contributed by atoms with Crippen molar-refractivity contribution < 1.29 is 4.79 Å². The van der Waals surface area contributed by atoms with Crippen LogP contribution in [0.2, 0.25) is 0 Å². The average molecular weight is 306 g/mol. The minimum absolute atomic E-state index is 0.138. The molecule has 13 heavy (non-hydrogen) atoms. The van der Waals surface area contributed by atoms with E-state index in [1.54, 1.807) is 6.20 Å². The molecule has 0 unspecified atom stereocenters. The van der Waals surface area contributed by atoms with Crippen molar-refractivity contribution >= 4 is 43.6 Å². The van der Waals surface area contributed by atoms with Crippen molar-refractivity contribution in [3.8, 4) is 0 Å². The molecular weight excluding hydrogens is 300 g/mol. The summed E-state index contributed by atoms with van der Waals surface area (Å²) in [6.45, 7) is 1.94. The van der Waals surface area contributed by atoms with Crippen LogP contribution < -0.4 is 5.32 Å². The fourth-order valence-corrected chi connectivity index (χ4v) is 2.02. The molecule has 0 aromatic carbocycles. The number of hydrogen-bond donors (Lipinski definition) is 1. The summed E-state index contributed by atoms with van der Waals surface area (Å²) >= 11 is 6.61.